The Morgan fingerprint density at radius 1 is 0.839 bits per heavy atom. The quantitative estimate of drug-likeness (QED) is 0.422. The SMILES string of the molecule is O=C1CC(c2nc3ccccc3n2CCCc2ccccc2)CN1Cc1ccccc1. The van der Waals surface area contributed by atoms with Crippen LogP contribution < -0.4 is 0 Å². The minimum absolute atomic E-state index is 0.139. The van der Waals surface area contributed by atoms with Crippen LogP contribution >= 0.6 is 0 Å². The molecule has 2 heterocycles. The first-order valence-electron chi connectivity index (χ1n) is 11.1. The van der Waals surface area contributed by atoms with Gasteiger partial charge in [-0.1, -0.05) is 72.8 Å². The number of carbonyl (C=O) groups excluding carboxylic acids is 1. The number of nitrogens with zero attached hydrogens (tertiary/aromatic N) is 3. The van der Waals surface area contributed by atoms with Crippen LogP contribution in [-0.4, -0.2) is 26.9 Å². The number of amides is 1. The number of carbonyl (C=O) groups is 1. The minimum atomic E-state index is 0.139. The molecule has 1 aromatic heterocycles. The molecule has 1 fully saturated rings. The van der Waals surface area contributed by atoms with Crippen LogP contribution in [0.25, 0.3) is 11.0 Å². The Hall–Kier alpha value is -3.40. The third-order valence-corrected chi connectivity index (χ3v) is 6.17. The normalized spacial score (nSPS) is 16.3. The lowest BCUT2D eigenvalue weighted by Gasteiger charge is -2.17. The molecule has 31 heavy (non-hydrogen) atoms. The highest BCUT2D eigenvalue weighted by Crippen LogP contribution is 2.31. The van der Waals surface area contributed by atoms with Gasteiger partial charge in [-0.15, -0.1) is 0 Å². The maximum absolute atomic E-state index is 12.8. The number of rotatable bonds is 7. The standard InChI is InChI=1S/C27H27N3O/c31-26-18-23(20-29(26)19-22-12-5-2-6-13-22)27-28-24-15-7-8-16-25(24)30(27)17-9-14-21-10-3-1-4-11-21/h1-8,10-13,15-16,23H,9,14,17-20H2. The number of aromatic nitrogens is 2. The second kappa shape index (κ2) is 8.76. The second-order valence-corrected chi connectivity index (χ2v) is 8.36. The number of fused-ring (bicyclic) bond motifs is 1. The third kappa shape index (κ3) is 4.24. The van der Waals surface area contributed by atoms with E-state index in [2.05, 4.69) is 65.2 Å². The van der Waals surface area contributed by atoms with Gasteiger partial charge in [0.25, 0.3) is 0 Å². The van der Waals surface area contributed by atoms with Gasteiger partial charge in [-0.05, 0) is 36.1 Å². The second-order valence-electron chi connectivity index (χ2n) is 8.36. The van der Waals surface area contributed by atoms with Crippen molar-refractivity contribution in [3.8, 4) is 0 Å². The zero-order valence-corrected chi connectivity index (χ0v) is 17.7. The number of hydrogen-bond donors (Lipinski definition) is 0. The average Bonchev–Trinajstić information content (AvgIpc) is 3.36. The van der Waals surface area contributed by atoms with E-state index in [0.717, 1.165) is 37.3 Å². The lowest BCUT2D eigenvalue weighted by Crippen LogP contribution is -2.24. The molecule has 1 aliphatic heterocycles. The zero-order chi connectivity index (χ0) is 21.0. The first-order chi connectivity index (χ1) is 15.3. The summed E-state index contributed by atoms with van der Waals surface area (Å²) in [5.41, 5.74) is 4.72. The highest BCUT2D eigenvalue weighted by molar-refractivity contribution is 5.81. The highest BCUT2D eigenvalue weighted by atomic mass is 16.2. The molecule has 0 N–H and O–H groups in total. The van der Waals surface area contributed by atoms with Crippen molar-refractivity contribution in [3.05, 3.63) is 102 Å². The number of imidazole rings is 1. The smallest absolute Gasteiger partial charge is 0.223 e. The van der Waals surface area contributed by atoms with Crippen molar-refractivity contribution in [1.29, 1.82) is 0 Å². The van der Waals surface area contributed by atoms with Gasteiger partial charge in [-0.25, -0.2) is 4.98 Å². The maximum Gasteiger partial charge on any atom is 0.223 e. The van der Waals surface area contributed by atoms with Gasteiger partial charge >= 0.3 is 0 Å². The van der Waals surface area contributed by atoms with Crippen LogP contribution in [0.15, 0.2) is 84.9 Å². The van der Waals surface area contributed by atoms with Gasteiger partial charge in [0.1, 0.15) is 5.82 Å². The zero-order valence-electron chi connectivity index (χ0n) is 17.7. The predicted octanol–water partition coefficient (Wildman–Crippen LogP) is 5.19. The Bertz CT molecular complexity index is 1170. The van der Waals surface area contributed by atoms with Crippen LogP contribution in [0, 0.1) is 0 Å². The van der Waals surface area contributed by atoms with Crippen molar-refractivity contribution in [2.75, 3.05) is 6.54 Å². The van der Waals surface area contributed by atoms with Crippen LogP contribution in [0.5, 0.6) is 0 Å². The molecular weight excluding hydrogens is 382 g/mol. The summed E-state index contributed by atoms with van der Waals surface area (Å²) >= 11 is 0. The Kier molecular flexibility index (Phi) is 5.53. The maximum atomic E-state index is 12.8. The van der Waals surface area contributed by atoms with Crippen LogP contribution in [0.4, 0.5) is 0 Å². The number of benzene rings is 3. The molecule has 1 atom stereocenters. The molecular formula is C27H27N3O. The third-order valence-electron chi connectivity index (χ3n) is 6.17. The number of aryl methyl sites for hydroxylation is 2. The van der Waals surface area contributed by atoms with E-state index in [4.69, 9.17) is 4.98 Å². The van der Waals surface area contributed by atoms with Crippen LogP contribution in [0.3, 0.4) is 0 Å². The van der Waals surface area contributed by atoms with Crippen molar-refractivity contribution >= 4 is 16.9 Å². The summed E-state index contributed by atoms with van der Waals surface area (Å²) in [6.45, 7) is 2.31. The van der Waals surface area contributed by atoms with E-state index in [-0.39, 0.29) is 11.8 Å². The Balaban J connectivity index is 1.36. The monoisotopic (exact) mass is 409 g/mol. The fourth-order valence-electron chi connectivity index (χ4n) is 4.63. The minimum Gasteiger partial charge on any atom is -0.338 e. The Morgan fingerprint density at radius 2 is 1.52 bits per heavy atom. The number of likely N-dealkylation sites (tertiary alicyclic amines) is 1. The molecule has 4 aromatic rings. The number of hydrogen-bond acceptors (Lipinski definition) is 2. The molecule has 1 aliphatic rings. The molecule has 0 spiro atoms. The van der Waals surface area contributed by atoms with Crippen LogP contribution in [0.2, 0.25) is 0 Å². The molecule has 1 saturated heterocycles. The van der Waals surface area contributed by atoms with Gasteiger partial charge < -0.3 is 9.47 Å². The molecule has 1 unspecified atom stereocenters. The van der Waals surface area contributed by atoms with Gasteiger partial charge in [-0.2, -0.15) is 0 Å². The number of para-hydroxylation sites is 2. The predicted molar refractivity (Wildman–Crippen MR) is 124 cm³/mol. The molecule has 3 aromatic carbocycles. The van der Waals surface area contributed by atoms with E-state index >= 15 is 0 Å². The molecule has 4 nitrogen and oxygen atoms in total. The first kappa shape index (κ1) is 19.6. The molecule has 0 aliphatic carbocycles. The van der Waals surface area contributed by atoms with Crippen molar-refractivity contribution < 1.29 is 4.79 Å². The van der Waals surface area contributed by atoms with Crippen molar-refractivity contribution in [2.24, 2.45) is 0 Å². The van der Waals surface area contributed by atoms with Gasteiger partial charge in [-0.3, -0.25) is 4.79 Å². The molecule has 5 rings (SSSR count). The summed E-state index contributed by atoms with van der Waals surface area (Å²) in [6.07, 6.45) is 2.62. The Morgan fingerprint density at radius 3 is 2.29 bits per heavy atom. The van der Waals surface area contributed by atoms with Gasteiger partial charge in [0.05, 0.1) is 11.0 Å². The highest BCUT2D eigenvalue weighted by Gasteiger charge is 2.33. The lowest BCUT2D eigenvalue weighted by atomic mass is 10.1. The van der Waals surface area contributed by atoms with Crippen LogP contribution in [0.1, 0.15) is 35.7 Å². The summed E-state index contributed by atoms with van der Waals surface area (Å²) < 4.78 is 2.35. The summed E-state index contributed by atoms with van der Waals surface area (Å²) in [4.78, 5) is 19.7. The molecule has 4 heteroatoms. The molecule has 0 saturated carbocycles. The largest absolute Gasteiger partial charge is 0.338 e. The fourth-order valence-corrected chi connectivity index (χ4v) is 4.63. The summed E-state index contributed by atoms with van der Waals surface area (Å²) in [5, 5.41) is 0. The fraction of sp³-hybridized carbons (Fsp3) is 0.259. The van der Waals surface area contributed by atoms with E-state index in [0.29, 0.717) is 13.0 Å². The van der Waals surface area contributed by atoms with Gasteiger partial charge in [0.15, 0.2) is 0 Å². The summed E-state index contributed by atoms with van der Waals surface area (Å²) in [7, 11) is 0. The van der Waals surface area contributed by atoms with E-state index in [1.165, 1.54) is 16.6 Å². The van der Waals surface area contributed by atoms with E-state index in [1.807, 2.05) is 29.2 Å². The van der Waals surface area contributed by atoms with Crippen molar-refractivity contribution in [2.45, 2.75) is 38.3 Å². The topological polar surface area (TPSA) is 38.1 Å². The van der Waals surface area contributed by atoms with Gasteiger partial charge in [0, 0.05) is 32.0 Å². The van der Waals surface area contributed by atoms with Crippen molar-refractivity contribution in [3.63, 3.8) is 0 Å². The average molecular weight is 410 g/mol. The van der Waals surface area contributed by atoms with Crippen LogP contribution in [-0.2, 0) is 24.3 Å². The Labute approximate surface area is 183 Å². The van der Waals surface area contributed by atoms with Gasteiger partial charge in [0.2, 0.25) is 5.91 Å². The summed E-state index contributed by atoms with van der Waals surface area (Å²) in [6, 6.07) is 29.2. The van der Waals surface area contributed by atoms with E-state index < -0.39 is 0 Å². The lowest BCUT2D eigenvalue weighted by molar-refractivity contribution is -0.128. The summed E-state index contributed by atoms with van der Waals surface area (Å²) in [5.74, 6) is 1.41. The molecule has 0 bridgehead atoms. The van der Waals surface area contributed by atoms with Crippen molar-refractivity contribution in [1.82, 2.24) is 14.5 Å². The van der Waals surface area contributed by atoms with E-state index in [1.54, 1.807) is 0 Å². The molecule has 0 radical (unpaired) electrons. The van der Waals surface area contributed by atoms with E-state index in [9.17, 15) is 4.79 Å². The molecule has 1 amide bonds. The molecule has 156 valence electrons. The first-order valence-corrected chi connectivity index (χ1v) is 11.1.